The predicted octanol–water partition coefficient (Wildman–Crippen LogP) is 2.22. The van der Waals surface area contributed by atoms with Crippen LogP contribution in [0.5, 0.6) is 0 Å². The third-order valence-corrected chi connectivity index (χ3v) is 3.73. The molecule has 2 amide bonds. The molecule has 100 valence electrons. The lowest BCUT2D eigenvalue weighted by atomic mass is 10.4. The number of halogens is 1. The van der Waals surface area contributed by atoms with Gasteiger partial charge in [0.05, 0.1) is 13.2 Å². The molecule has 1 N–H and O–H groups in total. The summed E-state index contributed by atoms with van der Waals surface area (Å²) in [6.45, 7) is 2.43. The second-order valence-corrected chi connectivity index (χ2v) is 5.46. The van der Waals surface area contributed by atoms with Crippen molar-refractivity contribution in [2.45, 2.75) is 13.5 Å². The minimum Gasteiger partial charge on any atom is -0.465 e. The van der Waals surface area contributed by atoms with Crippen LogP contribution in [0, 0.1) is 0 Å². The first-order valence-corrected chi connectivity index (χ1v) is 7.07. The summed E-state index contributed by atoms with van der Waals surface area (Å²) in [5, 5.41) is 4.46. The topological polar surface area (TPSA) is 58.6 Å². The normalized spacial score (nSPS) is 9.94. The number of nitrogens with one attached hydrogen (secondary N) is 1. The lowest BCUT2D eigenvalue weighted by Gasteiger charge is -2.16. The number of hydrogen-bond acceptors (Lipinski definition) is 4. The molecule has 0 unspecified atom stereocenters. The third-order valence-electron chi connectivity index (χ3n) is 2.05. The Morgan fingerprint density at radius 3 is 2.83 bits per heavy atom. The standard InChI is InChI=1S/C11H15BrN2O3S/c1-3-17-10(15)5-13-11(16)14(2)6-9-4-8(12)7-18-9/h4,7H,3,5-6H2,1-2H3,(H,13,16). The Hall–Kier alpha value is -1.08. The number of rotatable bonds is 5. The van der Waals surface area contributed by atoms with Crippen molar-refractivity contribution in [1.29, 1.82) is 0 Å². The zero-order valence-electron chi connectivity index (χ0n) is 10.2. The number of carbonyl (C=O) groups excluding carboxylic acids is 2. The molecule has 1 aromatic rings. The minimum absolute atomic E-state index is 0.106. The summed E-state index contributed by atoms with van der Waals surface area (Å²) in [7, 11) is 1.67. The Bertz CT molecular complexity index is 422. The molecule has 5 nitrogen and oxygen atoms in total. The molecular formula is C11H15BrN2O3S. The van der Waals surface area contributed by atoms with E-state index in [9.17, 15) is 9.59 Å². The average molecular weight is 335 g/mol. The van der Waals surface area contributed by atoms with Crippen LogP contribution in [-0.4, -0.2) is 37.1 Å². The predicted molar refractivity (Wildman–Crippen MR) is 73.5 cm³/mol. The van der Waals surface area contributed by atoms with Crippen molar-refractivity contribution in [2.75, 3.05) is 20.2 Å². The number of amides is 2. The number of nitrogens with zero attached hydrogens (tertiary/aromatic N) is 1. The average Bonchev–Trinajstić information content (AvgIpc) is 2.72. The van der Waals surface area contributed by atoms with E-state index in [4.69, 9.17) is 4.74 Å². The molecule has 0 aliphatic heterocycles. The summed E-state index contributed by atoms with van der Waals surface area (Å²) < 4.78 is 5.72. The van der Waals surface area contributed by atoms with Gasteiger partial charge in [0.2, 0.25) is 0 Å². The summed E-state index contributed by atoms with van der Waals surface area (Å²) in [6.07, 6.45) is 0. The molecule has 0 radical (unpaired) electrons. The number of carbonyl (C=O) groups is 2. The van der Waals surface area contributed by atoms with Crippen molar-refractivity contribution in [2.24, 2.45) is 0 Å². The molecule has 0 saturated carbocycles. The molecule has 0 fully saturated rings. The van der Waals surface area contributed by atoms with Gasteiger partial charge < -0.3 is 15.0 Å². The first kappa shape index (κ1) is 15.0. The summed E-state index contributed by atoms with van der Waals surface area (Å²) in [4.78, 5) is 25.3. The Kier molecular flexibility index (Phi) is 6.14. The fourth-order valence-electron chi connectivity index (χ4n) is 1.24. The van der Waals surface area contributed by atoms with Crippen molar-refractivity contribution < 1.29 is 14.3 Å². The Labute approximate surface area is 118 Å². The molecule has 0 atom stereocenters. The highest BCUT2D eigenvalue weighted by Gasteiger charge is 2.11. The molecule has 1 heterocycles. The van der Waals surface area contributed by atoms with E-state index in [1.807, 2.05) is 11.4 Å². The molecule has 0 aliphatic carbocycles. The van der Waals surface area contributed by atoms with Crippen LogP contribution >= 0.6 is 27.3 Å². The molecule has 0 spiro atoms. The van der Waals surface area contributed by atoms with Crippen LogP contribution in [0.3, 0.4) is 0 Å². The van der Waals surface area contributed by atoms with Crippen molar-refractivity contribution in [3.8, 4) is 0 Å². The maximum atomic E-state index is 11.7. The smallest absolute Gasteiger partial charge is 0.325 e. The highest BCUT2D eigenvalue weighted by Crippen LogP contribution is 2.20. The van der Waals surface area contributed by atoms with Crippen LogP contribution < -0.4 is 5.32 Å². The van der Waals surface area contributed by atoms with E-state index in [1.165, 1.54) is 4.90 Å². The largest absolute Gasteiger partial charge is 0.465 e. The summed E-state index contributed by atoms with van der Waals surface area (Å²) >= 11 is 4.92. The first-order valence-electron chi connectivity index (χ1n) is 5.40. The van der Waals surface area contributed by atoms with Crippen LogP contribution in [0.1, 0.15) is 11.8 Å². The SMILES string of the molecule is CCOC(=O)CNC(=O)N(C)Cc1cc(Br)cs1. The zero-order chi connectivity index (χ0) is 13.5. The van der Waals surface area contributed by atoms with Gasteiger partial charge in [0.15, 0.2) is 0 Å². The Morgan fingerprint density at radius 2 is 2.28 bits per heavy atom. The van der Waals surface area contributed by atoms with Gasteiger partial charge in [-0.25, -0.2) is 4.79 Å². The lowest BCUT2D eigenvalue weighted by molar-refractivity contribution is -0.141. The first-order chi connectivity index (χ1) is 8.52. The summed E-state index contributed by atoms with van der Waals surface area (Å²) in [6, 6.07) is 1.66. The zero-order valence-corrected chi connectivity index (χ0v) is 12.6. The third kappa shape index (κ3) is 5.05. The number of urea groups is 1. The van der Waals surface area contributed by atoms with E-state index < -0.39 is 5.97 Å². The van der Waals surface area contributed by atoms with Gasteiger partial charge in [-0.1, -0.05) is 0 Å². The van der Waals surface area contributed by atoms with Crippen LogP contribution in [0.4, 0.5) is 4.79 Å². The van der Waals surface area contributed by atoms with Crippen molar-refractivity contribution in [3.05, 3.63) is 20.8 Å². The quantitative estimate of drug-likeness (QED) is 0.840. The van der Waals surface area contributed by atoms with E-state index in [-0.39, 0.29) is 12.6 Å². The maximum Gasteiger partial charge on any atom is 0.325 e. The van der Waals surface area contributed by atoms with Gasteiger partial charge in [0.1, 0.15) is 6.54 Å². The Balaban J connectivity index is 2.35. The highest BCUT2D eigenvalue weighted by atomic mass is 79.9. The van der Waals surface area contributed by atoms with Gasteiger partial charge in [-0.3, -0.25) is 4.79 Å². The van der Waals surface area contributed by atoms with Crippen LogP contribution in [0.25, 0.3) is 0 Å². The molecular weight excluding hydrogens is 320 g/mol. The van der Waals surface area contributed by atoms with Crippen molar-refractivity contribution in [1.82, 2.24) is 10.2 Å². The van der Waals surface area contributed by atoms with Crippen LogP contribution in [0.2, 0.25) is 0 Å². The van der Waals surface area contributed by atoms with Gasteiger partial charge >= 0.3 is 12.0 Å². The molecule has 0 saturated heterocycles. The molecule has 0 aromatic carbocycles. The van der Waals surface area contributed by atoms with E-state index >= 15 is 0 Å². The lowest BCUT2D eigenvalue weighted by Crippen LogP contribution is -2.39. The maximum absolute atomic E-state index is 11.7. The molecule has 1 rings (SSSR count). The molecule has 18 heavy (non-hydrogen) atoms. The fourth-order valence-corrected chi connectivity index (χ4v) is 2.74. The number of ether oxygens (including phenoxy) is 1. The highest BCUT2D eigenvalue weighted by molar-refractivity contribution is 9.10. The fraction of sp³-hybridized carbons (Fsp3) is 0.455. The summed E-state index contributed by atoms with van der Waals surface area (Å²) in [5.74, 6) is -0.432. The van der Waals surface area contributed by atoms with Crippen LogP contribution in [-0.2, 0) is 16.1 Å². The second-order valence-electron chi connectivity index (χ2n) is 3.55. The van der Waals surface area contributed by atoms with E-state index in [1.54, 1.807) is 25.3 Å². The van der Waals surface area contributed by atoms with Crippen molar-refractivity contribution in [3.63, 3.8) is 0 Å². The second kappa shape index (κ2) is 7.38. The van der Waals surface area contributed by atoms with Gasteiger partial charge in [0, 0.05) is 21.8 Å². The van der Waals surface area contributed by atoms with E-state index in [0.717, 1.165) is 9.35 Å². The molecule has 7 heteroatoms. The number of thiophene rings is 1. The summed E-state index contributed by atoms with van der Waals surface area (Å²) in [5.41, 5.74) is 0. The molecule has 0 bridgehead atoms. The van der Waals surface area contributed by atoms with Crippen molar-refractivity contribution >= 4 is 39.3 Å². The van der Waals surface area contributed by atoms with E-state index in [0.29, 0.717) is 13.2 Å². The van der Waals surface area contributed by atoms with E-state index in [2.05, 4.69) is 21.2 Å². The van der Waals surface area contributed by atoms with Gasteiger partial charge in [-0.05, 0) is 28.9 Å². The van der Waals surface area contributed by atoms with Gasteiger partial charge in [-0.15, -0.1) is 11.3 Å². The monoisotopic (exact) mass is 334 g/mol. The number of hydrogen-bond donors (Lipinski definition) is 1. The van der Waals surface area contributed by atoms with Gasteiger partial charge in [0.25, 0.3) is 0 Å². The van der Waals surface area contributed by atoms with Gasteiger partial charge in [-0.2, -0.15) is 0 Å². The molecule has 0 aliphatic rings. The molecule has 1 aromatic heterocycles. The minimum atomic E-state index is -0.432. The van der Waals surface area contributed by atoms with Crippen LogP contribution in [0.15, 0.2) is 15.9 Å². The Morgan fingerprint density at radius 1 is 1.56 bits per heavy atom. The number of esters is 1.